The molecule has 1 saturated heterocycles. The second-order valence-electron chi connectivity index (χ2n) is 8.52. The number of hydrogen-bond acceptors (Lipinski definition) is 5. The van der Waals surface area contributed by atoms with E-state index < -0.39 is 11.2 Å². The van der Waals surface area contributed by atoms with Crippen LogP contribution in [-0.4, -0.2) is 44.5 Å². The minimum atomic E-state index is -0.524. The Morgan fingerprint density at radius 3 is 2.72 bits per heavy atom. The Hall–Kier alpha value is -3.26. The van der Waals surface area contributed by atoms with Gasteiger partial charge in [-0.1, -0.05) is 36.8 Å². The van der Waals surface area contributed by atoms with E-state index in [9.17, 15) is 14.4 Å². The van der Waals surface area contributed by atoms with E-state index in [2.05, 4.69) is 51.4 Å². The Bertz CT molecular complexity index is 1240. The van der Waals surface area contributed by atoms with Gasteiger partial charge < -0.3 is 5.32 Å². The van der Waals surface area contributed by atoms with Crippen LogP contribution in [0.1, 0.15) is 47.7 Å². The first-order chi connectivity index (χ1) is 15.4. The fourth-order valence-electron chi connectivity index (χ4n) is 4.30. The number of fused-ring (bicyclic) bond motifs is 1. The van der Waals surface area contributed by atoms with Crippen LogP contribution >= 0.6 is 0 Å². The lowest BCUT2D eigenvalue weighted by atomic mass is 10.0. The molecule has 1 aliphatic heterocycles. The van der Waals surface area contributed by atoms with Gasteiger partial charge in [-0.2, -0.15) is 0 Å². The van der Waals surface area contributed by atoms with Crippen LogP contribution in [0.5, 0.6) is 0 Å². The van der Waals surface area contributed by atoms with Crippen LogP contribution in [0.2, 0.25) is 0 Å². The van der Waals surface area contributed by atoms with Crippen LogP contribution in [0.15, 0.2) is 46.1 Å². The molecule has 32 heavy (non-hydrogen) atoms. The van der Waals surface area contributed by atoms with Crippen molar-refractivity contribution in [2.24, 2.45) is 0 Å². The van der Waals surface area contributed by atoms with Crippen LogP contribution in [0.4, 0.5) is 0 Å². The second kappa shape index (κ2) is 9.48. The lowest BCUT2D eigenvalue weighted by Gasteiger charge is -2.32. The van der Waals surface area contributed by atoms with E-state index in [1.165, 1.54) is 28.0 Å². The quantitative estimate of drug-likeness (QED) is 0.618. The van der Waals surface area contributed by atoms with Crippen molar-refractivity contribution in [3.05, 3.63) is 74.1 Å². The van der Waals surface area contributed by atoms with Gasteiger partial charge in [0.1, 0.15) is 5.65 Å². The lowest BCUT2D eigenvalue weighted by molar-refractivity contribution is 0.0908. The maximum atomic E-state index is 12.8. The molecule has 2 N–H and O–H groups in total. The van der Waals surface area contributed by atoms with E-state index in [0.717, 1.165) is 38.9 Å². The number of carbonyl (C=O) groups is 1. The second-order valence-corrected chi connectivity index (χ2v) is 8.52. The van der Waals surface area contributed by atoms with Crippen molar-refractivity contribution in [2.45, 2.75) is 52.2 Å². The van der Waals surface area contributed by atoms with E-state index in [-0.39, 0.29) is 17.3 Å². The number of likely N-dealkylation sites (tertiary alicyclic amines) is 1. The molecule has 0 aliphatic carbocycles. The summed E-state index contributed by atoms with van der Waals surface area (Å²) >= 11 is 0. The van der Waals surface area contributed by atoms with Crippen LogP contribution in [0.25, 0.3) is 11.0 Å². The number of benzene rings is 1. The number of hydrogen-bond donors (Lipinski definition) is 2. The van der Waals surface area contributed by atoms with E-state index in [1.54, 1.807) is 0 Å². The molecule has 0 atom stereocenters. The Morgan fingerprint density at radius 1 is 1.22 bits per heavy atom. The van der Waals surface area contributed by atoms with Gasteiger partial charge in [-0.05, 0) is 37.8 Å². The number of piperidine rings is 1. The average molecular weight is 436 g/mol. The number of aromatic nitrogens is 3. The molecule has 8 heteroatoms. The molecule has 2 aromatic heterocycles. The smallest absolute Gasteiger partial charge is 0.329 e. The highest BCUT2D eigenvalue weighted by Crippen LogP contribution is 2.16. The molecule has 3 heterocycles. The SMILES string of the molecule is CCCn1c(=O)[nH]c(=O)c2cc(C(=O)NC3CCN(Cc4cccc(C)c4)CC3)cnc21. The average Bonchev–Trinajstić information content (AvgIpc) is 2.77. The topological polar surface area (TPSA) is 100 Å². The predicted octanol–water partition coefficient (Wildman–Crippen LogP) is 2.20. The summed E-state index contributed by atoms with van der Waals surface area (Å²) in [6.07, 6.45) is 3.91. The summed E-state index contributed by atoms with van der Waals surface area (Å²) in [6, 6.07) is 10.2. The lowest BCUT2D eigenvalue weighted by Crippen LogP contribution is -2.44. The maximum absolute atomic E-state index is 12.8. The van der Waals surface area contributed by atoms with Gasteiger partial charge in [0.25, 0.3) is 11.5 Å². The molecule has 1 aromatic carbocycles. The number of pyridine rings is 1. The Kier molecular flexibility index (Phi) is 6.50. The van der Waals surface area contributed by atoms with Gasteiger partial charge in [-0.15, -0.1) is 0 Å². The van der Waals surface area contributed by atoms with Crippen LogP contribution < -0.4 is 16.6 Å². The van der Waals surface area contributed by atoms with Crippen molar-refractivity contribution in [1.29, 1.82) is 0 Å². The minimum absolute atomic E-state index is 0.0827. The molecule has 1 fully saturated rings. The van der Waals surface area contributed by atoms with Crippen molar-refractivity contribution in [3.63, 3.8) is 0 Å². The third-order valence-corrected chi connectivity index (χ3v) is 5.95. The van der Waals surface area contributed by atoms with Crippen molar-refractivity contribution < 1.29 is 4.79 Å². The molecular formula is C24H29N5O3. The van der Waals surface area contributed by atoms with Crippen LogP contribution in [0.3, 0.4) is 0 Å². The van der Waals surface area contributed by atoms with Gasteiger partial charge >= 0.3 is 5.69 Å². The molecule has 0 unspecified atom stereocenters. The molecule has 0 saturated carbocycles. The van der Waals surface area contributed by atoms with E-state index in [4.69, 9.17) is 0 Å². The number of carbonyl (C=O) groups excluding carboxylic acids is 1. The molecule has 0 bridgehead atoms. The first-order valence-electron chi connectivity index (χ1n) is 11.2. The Balaban J connectivity index is 1.41. The summed E-state index contributed by atoms with van der Waals surface area (Å²) < 4.78 is 1.43. The molecule has 1 aliphatic rings. The highest BCUT2D eigenvalue weighted by Gasteiger charge is 2.22. The number of aromatic amines is 1. The summed E-state index contributed by atoms with van der Waals surface area (Å²) in [5.74, 6) is -0.246. The fourth-order valence-corrected chi connectivity index (χ4v) is 4.30. The zero-order valence-corrected chi connectivity index (χ0v) is 18.6. The third kappa shape index (κ3) is 4.80. The van der Waals surface area contributed by atoms with E-state index in [0.29, 0.717) is 17.8 Å². The highest BCUT2D eigenvalue weighted by molar-refractivity contribution is 5.96. The first-order valence-corrected chi connectivity index (χ1v) is 11.2. The van der Waals surface area contributed by atoms with Gasteiger partial charge in [0.15, 0.2) is 0 Å². The number of H-pyrrole nitrogens is 1. The fraction of sp³-hybridized carbons (Fsp3) is 0.417. The van der Waals surface area contributed by atoms with Crippen molar-refractivity contribution in [3.8, 4) is 0 Å². The molecule has 168 valence electrons. The number of nitrogens with zero attached hydrogens (tertiary/aromatic N) is 3. The maximum Gasteiger partial charge on any atom is 0.329 e. The molecule has 0 radical (unpaired) electrons. The normalized spacial score (nSPS) is 15.2. The minimum Gasteiger partial charge on any atom is -0.349 e. The van der Waals surface area contributed by atoms with Gasteiger partial charge in [-0.25, -0.2) is 9.78 Å². The van der Waals surface area contributed by atoms with Crippen molar-refractivity contribution in [1.82, 2.24) is 24.8 Å². The third-order valence-electron chi connectivity index (χ3n) is 5.95. The van der Waals surface area contributed by atoms with Gasteiger partial charge in [0, 0.05) is 38.4 Å². The number of aryl methyl sites for hydroxylation is 2. The highest BCUT2D eigenvalue weighted by atomic mass is 16.2. The first kappa shape index (κ1) is 22.0. The predicted molar refractivity (Wildman–Crippen MR) is 124 cm³/mol. The number of amides is 1. The van der Waals surface area contributed by atoms with Gasteiger partial charge in [-0.3, -0.25) is 24.0 Å². The number of nitrogens with one attached hydrogen (secondary N) is 2. The van der Waals surface area contributed by atoms with Gasteiger partial charge in [0.2, 0.25) is 0 Å². The molecule has 8 nitrogen and oxygen atoms in total. The van der Waals surface area contributed by atoms with Gasteiger partial charge in [0.05, 0.1) is 10.9 Å². The molecule has 0 spiro atoms. The summed E-state index contributed by atoms with van der Waals surface area (Å²) in [5, 5.41) is 3.33. The summed E-state index contributed by atoms with van der Waals surface area (Å²) in [7, 11) is 0. The van der Waals surface area contributed by atoms with Crippen LogP contribution in [0, 0.1) is 6.92 Å². The van der Waals surface area contributed by atoms with E-state index >= 15 is 0 Å². The van der Waals surface area contributed by atoms with Crippen LogP contribution in [-0.2, 0) is 13.1 Å². The summed E-state index contributed by atoms with van der Waals surface area (Å²) in [6.45, 7) is 7.24. The summed E-state index contributed by atoms with van der Waals surface area (Å²) in [4.78, 5) is 46.2. The van der Waals surface area contributed by atoms with Crippen molar-refractivity contribution >= 4 is 16.9 Å². The largest absolute Gasteiger partial charge is 0.349 e. The Morgan fingerprint density at radius 2 is 2.00 bits per heavy atom. The molecule has 1 amide bonds. The van der Waals surface area contributed by atoms with Crippen molar-refractivity contribution in [2.75, 3.05) is 13.1 Å². The molecule has 4 rings (SSSR count). The monoisotopic (exact) mass is 435 g/mol. The summed E-state index contributed by atoms with van der Waals surface area (Å²) in [5.41, 5.74) is 2.20. The zero-order chi connectivity index (χ0) is 22.7. The Labute approximate surface area is 186 Å². The molecule has 3 aromatic rings. The van der Waals surface area contributed by atoms with E-state index in [1.807, 2.05) is 6.92 Å². The molecular weight excluding hydrogens is 406 g/mol. The zero-order valence-electron chi connectivity index (χ0n) is 18.6. The number of rotatable bonds is 6. The standard InChI is InChI=1S/C24H29N5O3/c1-3-9-29-21-20(23(31)27-24(29)32)13-18(14-25-21)22(30)26-19-7-10-28(11-8-19)15-17-6-4-5-16(2)12-17/h4-6,12-14,19H,3,7-11,15H2,1-2H3,(H,26,30)(H,27,31,32).